The Bertz CT molecular complexity index is 952. The number of aromatic nitrogens is 2. The van der Waals surface area contributed by atoms with Crippen LogP contribution in [0.5, 0.6) is 0 Å². The summed E-state index contributed by atoms with van der Waals surface area (Å²) in [4.78, 5) is 29.7. The second-order valence-corrected chi connectivity index (χ2v) is 8.33. The summed E-state index contributed by atoms with van der Waals surface area (Å²) in [6.07, 6.45) is 1.10. The molecule has 0 saturated carbocycles. The number of hydrogen-bond acceptors (Lipinski definition) is 6. The van der Waals surface area contributed by atoms with Crippen LogP contribution in [-0.2, 0) is 36.5 Å². The van der Waals surface area contributed by atoms with Crippen LogP contribution in [0.1, 0.15) is 5.82 Å². The van der Waals surface area contributed by atoms with Crippen LogP contribution < -0.4 is 0 Å². The molecule has 1 unspecified atom stereocenters. The van der Waals surface area contributed by atoms with Crippen molar-refractivity contribution in [3.05, 3.63) is 30.1 Å². The van der Waals surface area contributed by atoms with Crippen molar-refractivity contribution in [1.82, 2.24) is 14.5 Å². The maximum Gasteiger partial charge on any atom is 0.328 e. The molecule has 0 radical (unpaired) electrons. The SMILES string of the molecule is CS(=O)(=O)Cc1nc2ccccc2n1CC(=O)N1CCOCC1C(=O)O. The molecule has 9 nitrogen and oxygen atoms in total. The highest BCUT2D eigenvalue weighted by Crippen LogP contribution is 2.19. The number of ether oxygens (including phenoxy) is 1. The fourth-order valence-electron chi connectivity index (χ4n) is 2.98. The van der Waals surface area contributed by atoms with Gasteiger partial charge in [-0.2, -0.15) is 0 Å². The molecular weight excluding hydrogens is 362 g/mol. The van der Waals surface area contributed by atoms with Gasteiger partial charge < -0.3 is 19.3 Å². The second kappa shape index (κ2) is 7.04. The number of benzene rings is 1. The number of fused-ring (bicyclic) bond motifs is 1. The Hall–Kier alpha value is -2.46. The summed E-state index contributed by atoms with van der Waals surface area (Å²) in [6.45, 7) is 0.178. The van der Waals surface area contributed by atoms with E-state index in [1.807, 2.05) is 0 Å². The number of rotatable bonds is 5. The molecule has 10 heteroatoms. The summed E-state index contributed by atoms with van der Waals surface area (Å²) in [7, 11) is -3.35. The van der Waals surface area contributed by atoms with Gasteiger partial charge in [-0.05, 0) is 12.1 Å². The highest BCUT2D eigenvalue weighted by Gasteiger charge is 2.33. The fraction of sp³-hybridized carbons (Fsp3) is 0.438. The molecule has 26 heavy (non-hydrogen) atoms. The third kappa shape index (κ3) is 3.86. The molecule has 1 fully saturated rings. The molecule has 1 aliphatic rings. The van der Waals surface area contributed by atoms with Gasteiger partial charge in [-0.3, -0.25) is 4.79 Å². The minimum Gasteiger partial charge on any atom is -0.480 e. The minimum absolute atomic E-state index is 0.0675. The summed E-state index contributed by atoms with van der Waals surface area (Å²) in [5, 5.41) is 9.29. The Kier molecular flexibility index (Phi) is 4.97. The zero-order valence-electron chi connectivity index (χ0n) is 14.2. The number of aliphatic carboxylic acids is 1. The molecule has 0 aliphatic carbocycles. The Labute approximate surface area is 150 Å². The van der Waals surface area contributed by atoms with Crippen molar-refractivity contribution in [3.8, 4) is 0 Å². The first-order valence-corrected chi connectivity index (χ1v) is 10.0. The molecule has 2 aromatic rings. The second-order valence-electron chi connectivity index (χ2n) is 6.19. The van der Waals surface area contributed by atoms with Gasteiger partial charge in [0, 0.05) is 12.8 Å². The van der Waals surface area contributed by atoms with Crippen LogP contribution in [0, 0.1) is 0 Å². The molecule has 1 saturated heterocycles. The lowest BCUT2D eigenvalue weighted by molar-refractivity contribution is -0.158. The van der Waals surface area contributed by atoms with Crippen molar-refractivity contribution < 1.29 is 27.9 Å². The highest BCUT2D eigenvalue weighted by atomic mass is 32.2. The first-order chi connectivity index (χ1) is 12.3. The number of carboxylic acid groups (broad SMARTS) is 1. The number of morpholine rings is 1. The molecule has 1 N–H and O–H groups in total. The molecule has 1 atom stereocenters. The molecule has 3 rings (SSSR count). The number of carbonyl (C=O) groups is 2. The van der Waals surface area contributed by atoms with Gasteiger partial charge in [0.15, 0.2) is 15.9 Å². The van der Waals surface area contributed by atoms with Crippen molar-refractivity contribution in [2.45, 2.75) is 18.3 Å². The Morgan fingerprint density at radius 1 is 1.35 bits per heavy atom. The van der Waals surface area contributed by atoms with Gasteiger partial charge in [-0.1, -0.05) is 12.1 Å². The number of imidazole rings is 1. The van der Waals surface area contributed by atoms with E-state index in [4.69, 9.17) is 4.74 Å². The first-order valence-electron chi connectivity index (χ1n) is 7.98. The zero-order valence-corrected chi connectivity index (χ0v) is 15.0. The predicted octanol–water partition coefficient (Wildman–Crippen LogP) is -0.107. The van der Waals surface area contributed by atoms with E-state index in [0.29, 0.717) is 11.0 Å². The van der Waals surface area contributed by atoms with Crippen molar-refractivity contribution in [2.75, 3.05) is 26.0 Å². The lowest BCUT2D eigenvalue weighted by Gasteiger charge is -2.33. The number of sulfone groups is 1. The van der Waals surface area contributed by atoms with Gasteiger partial charge in [0.25, 0.3) is 0 Å². The maximum absolute atomic E-state index is 12.8. The van der Waals surface area contributed by atoms with E-state index in [1.165, 1.54) is 9.47 Å². The first kappa shape index (κ1) is 18.3. The van der Waals surface area contributed by atoms with Crippen molar-refractivity contribution in [2.24, 2.45) is 0 Å². The van der Waals surface area contributed by atoms with Crippen molar-refractivity contribution in [1.29, 1.82) is 0 Å². The van der Waals surface area contributed by atoms with Crippen molar-refractivity contribution in [3.63, 3.8) is 0 Å². The van der Waals surface area contributed by atoms with E-state index >= 15 is 0 Å². The van der Waals surface area contributed by atoms with Crippen LogP contribution >= 0.6 is 0 Å². The third-order valence-electron chi connectivity index (χ3n) is 4.15. The zero-order chi connectivity index (χ0) is 18.9. The van der Waals surface area contributed by atoms with Crippen LogP contribution in [0.4, 0.5) is 0 Å². The van der Waals surface area contributed by atoms with Gasteiger partial charge in [-0.15, -0.1) is 0 Å². The highest BCUT2D eigenvalue weighted by molar-refractivity contribution is 7.89. The average molecular weight is 381 g/mol. The van der Waals surface area contributed by atoms with Gasteiger partial charge in [-0.25, -0.2) is 18.2 Å². The monoisotopic (exact) mass is 381 g/mol. The van der Waals surface area contributed by atoms with E-state index in [-0.39, 0.29) is 37.9 Å². The van der Waals surface area contributed by atoms with Crippen LogP contribution in [-0.4, -0.2) is 71.9 Å². The van der Waals surface area contributed by atoms with E-state index in [2.05, 4.69) is 4.98 Å². The van der Waals surface area contributed by atoms with Gasteiger partial charge in [0.2, 0.25) is 5.91 Å². The lowest BCUT2D eigenvalue weighted by Crippen LogP contribution is -2.53. The molecule has 2 heterocycles. The summed E-state index contributed by atoms with van der Waals surface area (Å²) in [5.41, 5.74) is 1.20. The Balaban J connectivity index is 1.95. The molecular formula is C16H19N3O6S. The van der Waals surface area contributed by atoms with Gasteiger partial charge >= 0.3 is 5.97 Å². The molecule has 0 bridgehead atoms. The van der Waals surface area contributed by atoms with Crippen molar-refractivity contribution >= 4 is 32.7 Å². The normalized spacial score (nSPS) is 18.2. The number of para-hydroxylation sites is 2. The summed E-state index contributed by atoms with van der Waals surface area (Å²) in [5.74, 6) is -1.61. The van der Waals surface area contributed by atoms with E-state index in [0.717, 1.165) is 6.26 Å². The number of nitrogens with zero attached hydrogens (tertiary/aromatic N) is 3. The molecule has 0 spiro atoms. The van der Waals surface area contributed by atoms with E-state index in [1.54, 1.807) is 24.3 Å². The summed E-state index contributed by atoms with van der Waals surface area (Å²) in [6, 6.07) is 5.97. The molecule has 1 amide bonds. The number of carboxylic acids is 1. The summed E-state index contributed by atoms with van der Waals surface area (Å²) < 4.78 is 30.1. The van der Waals surface area contributed by atoms with Gasteiger partial charge in [0.1, 0.15) is 18.1 Å². The van der Waals surface area contributed by atoms with E-state index in [9.17, 15) is 23.1 Å². The number of amides is 1. The molecule has 1 aliphatic heterocycles. The number of hydrogen-bond donors (Lipinski definition) is 1. The predicted molar refractivity (Wildman–Crippen MR) is 92.2 cm³/mol. The third-order valence-corrected chi connectivity index (χ3v) is 4.93. The molecule has 1 aromatic carbocycles. The quantitative estimate of drug-likeness (QED) is 0.768. The minimum atomic E-state index is -3.35. The fourth-order valence-corrected chi connectivity index (χ4v) is 3.67. The molecule has 140 valence electrons. The Morgan fingerprint density at radius 2 is 2.08 bits per heavy atom. The Morgan fingerprint density at radius 3 is 2.77 bits per heavy atom. The standard InChI is InChI=1S/C16H19N3O6S/c1-26(23,24)10-14-17-11-4-2-3-5-12(11)19(14)8-15(20)18-6-7-25-9-13(18)16(21)22/h2-5,13H,6-10H2,1H3,(H,21,22). The van der Waals surface area contributed by atoms with Gasteiger partial charge in [0.05, 0.1) is 24.2 Å². The van der Waals surface area contributed by atoms with Crippen LogP contribution in [0.3, 0.4) is 0 Å². The largest absolute Gasteiger partial charge is 0.480 e. The smallest absolute Gasteiger partial charge is 0.328 e. The van der Waals surface area contributed by atoms with Crippen LogP contribution in [0.2, 0.25) is 0 Å². The van der Waals surface area contributed by atoms with Crippen LogP contribution in [0.15, 0.2) is 24.3 Å². The van der Waals surface area contributed by atoms with Crippen LogP contribution in [0.25, 0.3) is 11.0 Å². The topological polar surface area (TPSA) is 119 Å². The molecule has 1 aromatic heterocycles. The van der Waals surface area contributed by atoms with E-state index < -0.39 is 27.8 Å². The lowest BCUT2D eigenvalue weighted by atomic mass is 10.2. The average Bonchev–Trinajstić information content (AvgIpc) is 2.90. The number of carbonyl (C=O) groups excluding carboxylic acids is 1. The summed E-state index contributed by atoms with van der Waals surface area (Å²) >= 11 is 0. The maximum atomic E-state index is 12.8.